The lowest BCUT2D eigenvalue weighted by Gasteiger charge is -2.10. The van der Waals surface area contributed by atoms with Gasteiger partial charge in [0.15, 0.2) is 11.5 Å². The molecule has 0 fully saturated rings. The van der Waals surface area contributed by atoms with Gasteiger partial charge in [0, 0.05) is 16.5 Å². The molecule has 2 aromatic carbocycles. The molecule has 31 heavy (non-hydrogen) atoms. The number of thioether (sulfide) groups is 1. The van der Waals surface area contributed by atoms with Crippen LogP contribution in [0.15, 0.2) is 65.6 Å². The zero-order valence-electron chi connectivity index (χ0n) is 16.8. The predicted octanol–water partition coefficient (Wildman–Crippen LogP) is 3.85. The monoisotopic (exact) mass is 437 g/mol. The van der Waals surface area contributed by atoms with Gasteiger partial charge >= 0.3 is 0 Å². The van der Waals surface area contributed by atoms with Gasteiger partial charge in [0.25, 0.3) is 5.91 Å². The average Bonchev–Trinajstić information content (AvgIpc) is 3.20. The summed E-state index contributed by atoms with van der Waals surface area (Å²) >= 11 is 1.63. The van der Waals surface area contributed by atoms with Crippen molar-refractivity contribution in [2.75, 3.05) is 18.9 Å². The molecule has 7 nitrogen and oxygen atoms in total. The first kappa shape index (κ1) is 20.8. The van der Waals surface area contributed by atoms with Gasteiger partial charge in [-0.2, -0.15) is 4.52 Å². The second kappa shape index (κ2) is 9.57. The maximum atomic E-state index is 13.6. The fourth-order valence-corrected chi connectivity index (χ4v) is 3.81. The van der Waals surface area contributed by atoms with E-state index in [1.54, 1.807) is 36.0 Å². The molecule has 0 atom stereocenters. The Balaban J connectivity index is 1.40. The predicted molar refractivity (Wildman–Crippen MR) is 117 cm³/mol. The van der Waals surface area contributed by atoms with Crippen LogP contribution in [-0.2, 0) is 0 Å². The number of carbonyl (C=O) groups is 1. The fraction of sp³-hybridized carbons (Fsp3) is 0.182. The summed E-state index contributed by atoms with van der Waals surface area (Å²) in [6.45, 7) is 2.61. The van der Waals surface area contributed by atoms with Crippen molar-refractivity contribution in [2.45, 2.75) is 11.8 Å². The Bertz CT molecular complexity index is 1210. The minimum absolute atomic E-state index is 0.143. The molecule has 1 N–H and O–H groups in total. The molecule has 158 valence electrons. The molecule has 9 heteroatoms. The smallest absolute Gasteiger partial charge is 0.252 e. The number of ether oxygens (including phenoxy) is 1. The molecule has 0 aliphatic rings. The minimum Gasteiger partial charge on any atom is -0.475 e. The van der Waals surface area contributed by atoms with Gasteiger partial charge in [0.2, 0.25) is 5.88 Å². The number of rotatable bonds is 8. The first-order valence-electron chi connectivity index (χ1n) is 9.77. The molecule has 0 radical (unpaired) electrons. The highest BCUT2D eigenvalue weighted by Crippen LogP contribution is 2.22. The maximum absolute atomic E-state index is 13.6. The van der Waals surface area contributed by atoms with Crippen LogP contribution >= 0.6 is 11.8 Å². The molecule has 1 amide bonds. The summed E-state index contributed by atoms with van der Waals surface area (Å²) in [5, 5.41) is 15.4. The van der Waals surface area contributed by atoms with Crippen LogP contribution in [0.2, 0.25) is 0 Å². The van der Waals surface area contributed by atoms with Crippen LogP contribution in [0.3, 0.4) is 0 Å². The maximum Gasteiger partial charge on any atom is 0.252 e. The Morgan fingerprint density at radius 3 is 2.84 bits per heavy atom. The molecule has 0 spiro atoms. The second-order valence-electron chi connectivity index (χ2n) is 6.51. The molecule has 0 aliphatic carbocycles. The highest BCUT2D eigenvalue weighted by atomic mass is 32.2. The van der Waals surface area contributed by atoms with E-state index in [1.807, 2.05) is 31.2 Å². The summed E-state index contributed by atoms with van der Waals surface area (Å²) in [5.74, 6) is 1.15. The van der Waals surface area contributed by atoms with Crippen LogP contribution in [0.25, 0.3) is 17.0 Å². The number of carbonyl (C=O) groups excluding carboxylic acids is 1. The van der Waals surface area contributed by atoms with Crippen LogP contribution in [0, 0.1) is 5.82 Å². The summed E-state index contributed by atoms with van der Waals surface area (Å²) in [6.07, 6.45) is 0. The van der Waals surface area contributed by atoms with Gasteiger partial charge in [0.05, 0.1) is 12.1 Å². The molecule has 0 saturated heterocycles. The Morgan fingerprint density at radius 1 is 1.13 bits per heavy atom. The zero-order chi connectivity index (χ0) is 21.6. The van der Waals surface area contributed by atoms with Crippen LogP contribution in [-0.4, -0.2) is 44.6 Å². The van der Waals surface area contributed by atoms with Crippen molar-refractivity contribution >= 4 is 23.3 Å². The number of fused-ring (bicyclic) bond motifs is 1. The molecule has 4 aromatic rings. The standard InChI is InChI=1S/C22H20FN5O2S/c1-2-31-18-9-4-3-8-17(18)22(29)24-12-13-30-20-11-10-19-25-26-21(28(19)27-20)15-6-5-7-16(23)14-15/h3-11,14H,2,12-13H2,1H3,(H,24,29). The van der Waals surface area contributed by atoms with E-state index in [2.05, 4.69) is 20.6 Å². The summed E-state index contributed by atoms with van der Waals surface area (Å²) in [7, 11) is 0. The third-order valence-corrected chi connectivity index (χ3v) is 5.35. The van der Waals surface area contributed by atoms with Crippen molar-refractivity contribution in [1.82, 2.24) is 25.1 Å². The van der Waals surface area contributed by atoms with Crippen molar-refractivity contribution < 1.29 is 13.9 Å². The largest absolute Gasteiger partial charge is 0.475 e. The topological polar surface area (TPSA) is 81.4 Å². The van der Waals surface area contributed by atoms with E-state index in [4.69, 9.17) is 4.74 Å². The molecule has 2 heterocycles. The highest BCUT2D eigenvalue weighted by Gasteiger charge is 2.12. The lowest BCUT2D eigenvalue weighted by molar-refractivity contribution is 0.0943. The molecule has 0 bridgehead atoms. The molecular formula is C22H20FN5O2S. The number of hydrogen-bond acceptors (Lipinski definition) is 6. The van der Waals surface area contributed by atoms with Crippen molar-refractivity contribution in [2.24, 2.45) is 0 Å². The molecule has 2 aromatic heterocycles. The Hall–Kier alpha value is -3.46. The summed E-state index contributed by atoms with van der Waals surface area (Å²) in [5.41, 5.74) is 1.73. The van der Waals surface area contributed by atoms with E-state index in [1.165, 1.54) is 16.6 Å². The molecule has 0 aliphatic heterocycles. The SMILES string of the molecule is CCSc1ccccc1C(=O)NCCOc1ccc2nnc(-c3cccc(F)c3)n2n1. The third kappa shape index (κ3) is 4.83. The molecule has 0 unspecified atom stereocenters. The Labute approximate surface area is 182 Å². The summed E-state index contributed by atoms with van der Waals surface area (Å²) < 4.78 is 20.7. The Morgan fingerprint density at radius 2 is 2.00 bits per heavy atom. The fourth-order valence-electron chi connectivity index (χ4n) is 3.01. The van der Waals surface area contributed by atoms with Crippen LogP contribution in [0.4, 0.5) is 4.39 Å². The lowest BCUT2D eigenvalue weighted by Crippen LogP contribution is -2.28. The molecular weight excluding hydrogens is 417 g/mol. The molecule has 4 rings (SSSR count). The minimum atomic E-state index is -0.365. The van der Waals surface area contributed by atoms with Gasteiger partial charge in [-0.25, -0.2) is 4.39 Å². The van der Waals surface area contributed by atoms with Crippen molar-refractivity contribution in [3.05, 3.63) is 72.0 Å². The van der Waals surface area contributed by atoms with E-state index in [-0.39, 0.29) is 18.3 Å². The first-order valence-corrected chi connectivity index (χ1v) is 10.8. The number of hydrogen-bond donors (Lipinski definition) is 1. The number of nitrogens with one attached hydrogen (secondary N) is 1. The van der Waals surface area contributed by atoms with Crippen molar-refractivity contribution in [3.63, 3.8) is 0 Å². The summed E-state index contributed by atoms with van der Waals surface area (Å²) in [4.78, 5) is 13.4. The van der Waals surface area contributed by atoms with Gasteiger partial charge in [-0.3, -0.25) is 4.79 Å². The number of amides is 1. The average molecular weight is 438 g/mol. The lowest BCUT2D eigenvalue weighted by atomic mass is 10.2. The van der Waals surface area contributed by atoms with Crippen LogP contribution < -0.4 is 10.1 Å². The van der Waals surface area contributed by atoms with Gasteiger partial charge in [0.1, 0.15) is 12.4 Å². The van der Waals surface area contributed by atoms with Gasteiger partial charge in [-0.1, -0.05) is 31.2 Å². The summed E-state index contributed by atoms with van der Waals surface area (Å²) in [6, 6.07) is 17.0. The normalized spacial score (nSPS) is 10.9. The Kier molecular flexibility index (Phi) is 6.42. The number of aromatic nitrogens is 4. The highest BCUT2D eigenvalue weighted by molar-refractivity contribution is 7.99. The third-order valence-electron chi connectivity index (χ3n) is 4.39. The van der Waals surface area contributed by atoms with Crippen LogP contribution in [0.1, 0.15) is 17.3 Å². The quantitative estimate of drug-likeness (QED) is 0.333. The van der Waals surface area contributed by atoms with E-state index in [9.17, 15) is 9.18 Å². The number of nitrogens with zero attached hydrogens (tertiary/aromatic N) is 4. The van der Waals surface area contributed by atoms with Crippen molar-refractivity contribution in [1.29, 1.82) is 0 Å². The number of benzene rings is 2. The van der Waals surface area contributed by atoms with Gasteiger partial charge < -0.3 is 10.1 Å². The van der Waals surface area contributed by atoms with E-state index in [0.29, 0.717) is 35.0 Å². The van der Waals surface area contributed by atoms with E-state index in [0.717, 1.165) is 10.6 Å². The van der Waals surface area contributed by atoms with Gasteiger partial charge in [-0.05, 0) is 36.1 Å². The molecule has 0 saturated carbocycles. The van der Waals surface area contributed by atoms with E-state index >= 15 is 0 Å². The van der Waals surface area contributed by atoms with Crippen LogP contribution in [0.5, 0.6) is 5.88 Å². The zero-order valence-corrected chi connectivity index (χ0v) is 17.6. The second-order valence-corrected chi connectivity index (χ2v) is 7.81. The number of halogens is 1. The first-order chi connectivity index (χ1) is 15.2. The van der Waals surface area contributed by atoms with E-state index < -0.39 is 0 Å². The van der Waals surface area contributed by atoms with Crippen molar-refractivity contribution in [3.8, 4) is 17.3 Å². The van der Waals surface area contributed by atoms with Gasteiger partial charge in [-0.15, -0.1) is 27.1 Å².